The Morgan fingerprint density at radius 2 is 1.16 bits per heavy atom. The number of fused-ring (bicyclic) bond motifs is 5. The van der Waals surface area contributed by atoms with Crippen LogP contribution in [0.5, 0.6) is 0 Å². The number of anilines is 4. The molecule has 0 aliphatic carbocycles. The van der Waals surface area contributed by atoms with Gasteiger partial charge in [-0.15, -0.1) is 0 Å². The number of carbonyl (C=O) groups excluding carboxylic acids is 2. The quantitative estimate of drug-likeness (QED) is 0.0155. The Morgan fingerprint density at radius 1 is 0.577 bits per heavy atom. The number of hydrogen-bond donors (Lipinski definition) is 0. The summed E-state index contributed by atoms with van der Waals surface area (Å²) < 4.78 is 38.8. The fraction of sp³-hybridized carbons (Fsp3) is 0.284. The highest BCUT2D eigenvalue weighted by Gasteiger charge is 2.22. The van der Waals surface area contributed by atoms with Gasteiger partial charge in [0, 0.05) is 124 Å². The Bertz CT molecular complexity index is 4740. The maximum Gasteiger partial charge on any atom is 0.362 e. The molecule has 6 aromatic carbocycles. The minimum atomic E-state index is -0.474. The molecular weight excluding hydrogens is 1260 g/mol. The van der Waals surface area contributed by atoms with Gasteiger partial charge < -0.3 is 42.6 Å². The number of hydrogen-bond acceptors (Lipinski definition) is 19. The SMILES string of the molecule is CCC(=O)OCCN(C)c1ccc(/C=C/c2nc3ccc(N(C)C)cc3oc2=O)cc1.[B]CC(=C)OCC[n+]1c(/C=C/c2ccc(N(CC)CC)c3nonc23)sc2ccccc21.[B]CC(=O)OCC[n+]1c(/C=C/c2cc3ccc(N(CC)CC)cc3oc2=O)sc2ccccc21. The number of benzene rings is 6. The summed E-state index contributed by atoms with van der Waals surface area (Å²) in [4.78, 5) is 60.5. The van der Waals surface area contributed by atoms with Crippen LogP contribution in [0.3, 0.4) is 0 Å². The van der Waals surface area contributed by atoms with E-state index in [1.165, 1.54) is 10.2 Å². The number of ether oxygens (including phenoxy) is 3. The summed E-state index contributed by atoms with van der Waals surface area (Å²) in [6.45, 7) is 20.5. The standard InChI is InChI=1S/C26H26BN2O4S.C24H26BN4O2S.C24H27N3O4/c1-3-28(4-2)20-11-9-18-15-19(26(31)33-22(18)16-20)10-12-24-29(13-14-32-25(30)17-27)21-7-5-6-8-23(21)34-24;1-4-28(5-2)20-12-10-18(23-24(20)27-31-26-23)11-13-22-29(14-15-30-17(3)16-25)19-8-6-7-9-21(19)32-22;1-5-23(28)30-15-14-27(4)18-9-6-17(7-10-18)8-12-21-24(29)31-22-16-19(26(2)3)11-13-20(22)25-21/h5-12,15-16H,3-4,13-14,17H2,1-2H3;6-13H,3-5,14-16H2,1-2H3;6-13,16H,5,14-15H2,1-4H3/q2*+1;/b;;12-8+. The van der Waals surface area contributed by atoms with E-state index in [1.54, 1.807) is 47.8 Å². The lowest BCUT2D eigenvalue weighted by atomic mass is 10.0. The Balaban J connectivity index is 0.000000171. The molecule has 4 radical (unpaired) electrons. The van der Waals surface area contributed by atoms with Crippen LogP contribution in [0.15, 0.2) is 163 Å². The van der Waals surface area contributed by atoms with Crippen LogP contribution in [0.25, 0.3) is 90.0 Å². The molecule has 0 atom stereocenters. The summed E-state index contributed by atoms with van der Waals surface area (Å²) in [6, 6.07) is 41.7. The zero-order valence-electron chi connectivity index (χ0n) is 56.1. The van der Waals surface area contributed by atoms with Crippen molar-refractivity contribution >= 4 is 163 Å². The average molecular weight is 1340 g/mol. The third-order valence-corrected chi connectivity index (χ3v) is 18.2. The van der Waals surface area contributed by atoms with Crippen molar-refractivity contribution in [3.05, 3.63) is 193 Å². The van der Waals surface area contributed by atoms with Crippen molar-refractivity contribution in [1.29, 1.82) is 0 Å². The van der Waals surface area contributed by atoms with Crippen molar-refractivity contribution in [3.63, 3.8) is 0 Å². The second-order valence-electron chi connectivity index (χ2n) is 22.3. The van der Waals surface area contributed by atoms with Crippen molar-refractivity contribution < 1.29 is 46.4 Å². The van der Waals surface area contributed by atoms with Gasteiger partial charge in [0.1, 0.15) is 44.9 Å². The van der Waals surface area contributed by atoms with Crippen LogP contribution in [0.2, 0.25) is 12.6 Å². The van der Waals surface area contributed by atoms with E-state index in [9.17, 15) is 19.2 Å². The van der Waals surface area contributed by atoms with E-state index in [4.69, 9.17) is 43.4 Å². The summed E-state index contributed by atoms with van der Waals surface area (Å²) in [5, 5.41) is 11.3. The van der Waals surface area contributed by atoms with Crippen LogP contribution < -0.4 is 40.0 Å². The molecule has 0 unspecified atom stereocenters. The predicted molar refractivity (Wildman–Crippen MR) is 395 cm³/mol. The van der Waals surface area contributed by atoms with Crippen LogP contribution in [-0.4, -0.2) is 117 Å². The molecule has 0 N–H and O–H groups in total. The molecule has 0 bridgehead atoms. The lowest BCUT2D eigenvalue weighted by Crippen LogP contribution is -2.37. The third kappa shape index (κ3) is 18.3. The van der Waals surface area contributed by atoms with Crippen LogP contribution >= 0.6 is 22.7 Å². The summed E-state index contributed by atoms with van der Waals surface area (Å²) in [5.74, 6) is -0.0367. The van der Waals surface area contributed by atoms with Crippen molar-refractivity contribution in [3.8, 4) is 0 Å². The predicted octanol–water partition coefficient (Wildman–Crippen LogP) is 13.1. The first kappa shape index (κ1) is 71.2. The third-order valence-electron chi connectivity index (χ3n) is 15.9. The molecule has 5 aromatic heterocycles. The number of thiazole rings is 2. The number of likely N-dealkylation sites (N-methyl/N-ethyl adjacent to an activating group) is 1. The molecule has 0 saturated carbocycles. The van der Waals surface area contributed by atoms with Gasteiger partial charge in [-0.2, -0.15) is 9.13 Å². The van der Waals surface area contributed by atoms with E-state index in [0.717, 1.165) is 96.7 Å². The first-order valence-electron chi connectivity index (χ1n) is 32.2. The van der Waals surface area contributed by atoms with Crippen LogP contribution in [0.1, 0.15) is 73.4 Å². The maximum atomic E-state index is 12.7. The summed E-state index contributed by atoms with van der Waals surface area (Å²) in [5.41, 5.74) is 11.2. The number of carbonyl (C=O) groups is 2. The van der Waals surface area contributed by atoms with E-state index in [0.29, 0.717) is 73.6 Å². The number of esters is 2. The monoisotopic (exact) mass is 1340 g/mol. The molecule has 0 aliphatic rings. The van der Waals surface area contributed by atoms with Gasteiger partial charge in [0.05, 0.1) is 39.2 Å². The van der Waals surface area contributed by atoms with Crippen molar-refractivity contribution in [1.82, 2.24) is 15.3 Å². The Labute approximate surface area is 574 Å². The van der Waals surface area contributed by atoms with E-state index in [-0.39, 0.29) is 30.2 Å². The smallest absolute Gasteiger partial charge is 0.362 e. The highest BCUT2D eigenvalue weighted by atomic mass is 32.1. The Kier molecular flexibility index (Phi) is 25.3. The molecule has 0 fully saturated rings. The molecule has 496 valence electrons. The average Bonchev–Trinajstić information content (AvgIpc) is 1.77. The molecule has 19 nitrogen and oxygen atoms in total. The highest BCUT2D eigenvalue weighted by Crippen LogP contribution is 2.30. The van der Waals surface area contributed by atoms with Crippen LogP contribution in [0.4, 0.5) is 22.7 Å². The van der Waals surface area contributed by atoms with Gasteiger partial charge in [-0.25, -0.2) is 19.2 Å². The number of rotatable bonds is 27. The summed E-state index contributed by atoms with van der Waals surface area (Å²) >= 11 is 3.34. The van der Waals surface area contributed by atoms with Gasteiger partial charge in [-0.05, 0) is 129 Å². The molecule has 0 aliphatic heterocycles. The van der Waals surface area contributed by atoms with Gasteiger partial charge in [0.2, 0.25) is 11.0 Å². The minimum absolute atomic E-state index is 0.143. The van der Waals surface area contributed by atoms with Crippen LogP contribution in [-0.2, 0) is 36.9 Å². The lowest BCUT2D eigenvalue weighted by molar-refractivity contribution is -0.670. The molecule has 0 spiro atoms. The molecule has 0 saturated heterocycles. The first-order valence-corrected chi connectivity index (χ1v) is 33.9. The molecule has 23 heteroatoms. The van der Waals surface area contributed by atoms with E-state index in [1.807, 2.05) is 128 Å². The summed E-state index contributed by atoms with van der Waals surface area (Å²) in [7, 11) is 16.7. The normalized spacial score (nSPS) is 11.4. The zero-order chi connectivity index (χ0) is 69.0. The molecule has 5 heterocycles. The topological polar surface area (TPSA) is 195 Å². The maximum absolute atomic E-state index is 12.7. The van der Waals surface area contributed by atoms with Gasteiger partial charge in [-0.1, -0.05) is 84.7 Å². The van der Waals surface area contributed by atoms with E-state index in [2.05, 4.69) is 117 Å². The molecule has 11 aromatic rings. The van der Waals surface area contributed by atoms with Crippen molar-refractivity contribution in [2.24, 2.45) is 0 Å². The first-order chi connectivity index (χ1) is 47.1. The number of nitrogens with zero attached hydrogens (tertiary/aromatic N) is 9. The van der Waals surface area contributed by atoms with Gasteiger partial charge >= 0.3 is 17.2 Å². The number of aromatic nitrogens is 5. The van der Waals surface area contributed by atoms with E-state index < -0.39 is 11.6 Å². The second-order valence-corrected chi connectivity index (χ2v) is 24.5. The van der Waals surface area contributed by atoms with Gasteiger partial charge in [0.25, 0.3) is 16.0 Å². The fourth-order valence-corrected chi connectivity index (χ4v) is 12.7. The molecule has 97 heavy (non-hydrogen) atoms. The Morgan fingerprint density at radius 3 is 1.79 bits per heavy atom. The van der Waals surface area contributed by atoms with Crippen molar-refractivity contribution in [2.75, 3.05) is 93.3 Å². The number of allylic oxidation sites excluding steroid dienone is 1. The molecular formula is C74H79B2N9O10S2+2. The number of para-hydroxylation sites is 2. The minimum Gasteiger partial charge on any atom is -0.493 e. The molecule has 11 rings (SSSR count). The lowest BCUT2D eigenvalue weighted by Gasteiger charge is -2.20. The van der Waals surface area contributed by atoms with Crippen LogP contribution in [0, 0.1) is 0 Å². The largest absolute Gasteiger partial charge is 0.493 e. The second kappa shape index (κ2) is 34.5. The van der Waals surface area contributed by atoms with Crippen molar-refractivity contribution in [2.45, 2.75) is 66.8 Å². The van der Waals surface area contributed by atoms with E-state index >= 15 is 0 Å². The zero-order valence-corrected chi connectivity index (χ0v) is 57.7. The van der Waals surface area contributed by atoms with Gasteiger partial charge in [-0.3, -0.25) is 9.59 Å². The molecule has 0 amide bonds. The Hall–Kier alpha value is -10.1. The fourth-order valence-electron chi connectivity index (χ4n) is 10.6. The van der Waals surface area contributed by atoms with Gasteiger partial charge in [0.15, 0.2) is 30.8 Å². The highest BCUT2D eigenvalue weighted by molar-refractivity contribution is 7.19. The summed E-state index contributed by atoms with van der Waals surface area (Å²) in [6.07, 6.45) is 11.9.